The zero-order valence-corrected chi connectivity index (χ0v) is 29.3. The van der Waals surface area contributed by atoms with E-state index >= 15 is 13.2 Å². The molecule has 8 aromatic carbocycles. The van der Waals surface area contributed by atoms with Gasteiger partial charge in [-0.2, -0.15) is 26.3 Å². The molecule has 9 rings (SSSR count). The number of benzene rings is 8. The normalized spacial score (nSPS) is 15.5. The fourth-order valence-electron chi connectivity index (χ4n) is 7.88. The molecule has 0 saturated heterocycles. The van der Waals surface area contributed by atoms with Crippen LogP contribution < -0.4 is 4.90 Å². The zero-order chi connectivity index (χ0) is 44.0. The topological polar surface area (TPSA) is 3.24 Å². The van der Waals surface area contributed by atoms with Crippen LogP contribution in [0.4, 0.5) is 43.4 Å². The van der Waals surface area contributed by atoms with Gasteiger partial charge < -0.3 is 4.90 Å². The van der Waals surface area contributed by atoms with Gasteiger partial charge in [0.2, 0.25) is 0 Å². The van der Waals surface area contributed by atoms with Gasteiger partial charge in [-0.3, -0.25) is 0 Å². The Labute approximate surface area is 328 Å². The minimum Gasteiger partial charge on any atom is -0.310 e. The van der Waals surface area contributed by atoms with Gasteiger partial charge in [0.1, 0.15) is 0 Å². The van der Waals surface area contributed by atoms with Crippen LogP contribution in [0.1, 0.15) is 44.2 Å². The van der Waals surface area contributed by atoms with Crippen LogP contribution in [0.5, 0.6) is 0 Å². The van der Waals surface area contributed by atoms with Crippen LogP contribution in [0.25, 0.3) is 54.9 Å². The van der Waals surface area contributed by atoms with E-state index in [4.69, 9.17) is 8.22 Å². The molecule has 0 aromatic heterocycles. The first-order valence-electron chi connectivity index (χ1n) is 20.7. The number of anilines is 3. The number of rotatable bonds is 5. The average Bonchev–Trinajstić information content (AvgIpc) is 3.56. The van der Waals surface area contributed by atoms with Crippen molar-refractivity contribution < 1.29 is 34.6 Å². The Morgan fingerprint density at radius 1 is 0.464 bits per heavy atom. The first-order valence-corrected chi connectivity index (χ1v) is 17.7. The summed E-state index contributed by atoms with van der Waals surface area (Å²) >= 11 is 0. The minimum atomic E-state index is -5.14. The van der Waals surface area contributed by atoms with Crippen molar-refractivity contribution in [3.05, 3.63) is 186 Å². The monoisotopic (exact) mass is 755 g/mol. The van der Waals surface area contributed by atoms with E-state index in [1.807, 2.05) is 91.0 Å². The fourth-order valence-corrected chi connectivity index (χ4v) is 7.88. The molecule has 0 radical (unpaired) electrons. The van der Waals surface area contributed by atoms with E-state index in [0.717, 1.165) is 55.9 Å². The SMILES string of the molecule is [2H]C([2H])([2H])C1(C([2H])([2H])[2H])c2cc(C(F)(F)F)ccc2-c2c(N(c3ccc(-c4ccccc4)cc3)c3ccc(-c4cc5ccccc5c5ccccc45)cc3)cc(C(F)(F)F)cc21. The highest BCUT2D eigenvalue weighted by molar-refractivity contribution is 6.13. The van der Waals surface area contributed by atoms with Crippen molar-refractivity contribution in [3.63, 3.8) is 0 Å². The second-order valence-corrected chi connectivity index (χ2v) is 13.9. The van der Waals surface area contributed by atoms with E-state index in [1.54, 1.807) is 36.4 Å². The number of alkyl halides is 6. The predicted octanol–water partition coefficient (Wildman–Crippen LogP) is 15.1. The first-order chi connectivity index (χ1) is 29.3. The summed E-state index contributed by atoms with van der Waals surface area (Å²) in [6.45, 7) is -7.31. The maximum absolute atomic E-state index is 15.2. The lowest BCUT2D eigenvalue weighted by atomic mass is 9.81. The highest BCUT2D eigenvalue weighted by Gasteiger charge is 2.43. The molecular weight excluding hydrogens is 717 g/mol. The molecule has 7 heteroatoms. The summed E-state index contributed by atoms with van der Waals surface area (Å²) in [6.07, 6.45) is -10.2. The van der Waals surface area contributed by atoms with Crippen LogP contribution in [0, 0.1) is 0 Å². The van der Waals surface area contributed by atoms with Crippen molar-refractivity contribution in [3.8, 4) is 33.4 Å². The van der Waals surface area contributed by atoms with Gasteiger partial charge in [0.25, 0.3) is 0 Å². The maximum Gasteiger partial charge on any atom is 0.416 e. The van der Waals surface area contributed by atoms with E-state index in [1.165, 1.54) is 4.90 Å². The molecular formula is C49H33F6N. The number of hydrogen-bond donors (Lipinski definition) is 0. The van der Waals surface area contributed by atoms with Gasteiger partial charge in [0, 0.05) is 30.6 Å². The van der Waals surface area contributed by atoms with E-state index < -0.39 is 53.7 Å². The van der Waals surface area contributed by atoms with Crippen LogP contribution in [0.3, 0.4) is 0 Å². The highest BCUT2D eigenvalue weighted by Crippen LogP contribution is 2.57. The van der Waals surface area contributed by atoms with Gasteiger partial charge in [-0.15, -0.1) is 0 Å². The molecule has 0 atom stereocenters. The van der Waals surface area contributed by atoms with E-state index in [-0.39, 0.29) is 16.8 Å². The summed E-state index contributed by atoms with van der Waals surface area (Å²) in [5.74, 6) is 0. The van der Waals surface area contributed by atoms with Crippen molar-refractivity contribution >= 4 is 38.6 Å². The van der Waals surface area contributed by atoms with Crippen LogP contribution in [-0.2, 0) is 17.8 Å². The Balaban J connectivity index is 1.34. The van der Waals surface area contributed by atoms with Crippen LogP contribution in [0.15, 0.2) is 164 Å². The third-order valence-corrected chi connectivity index (χ3v) is 10.5. The second kappa shape index (κ2) is 12.9. The van der Waals surface area contributed by atoms with Crippen molar-refractivity contribution in [1.29, 1.82) is 0 Å². The van der Waals surface area contributed by atoms with Gasteiger partial charge in [-0.05, 0) is 115 Å². The largest absolute Gasteiger partial charge is 0.416 e. The Kier molecular flexibility index (Phi) is 6.67. The first kappa shape index (κ1) is 29.0. The summed E-state index contributed by atoms with van der Waals surface area (Å²) in [5.41, 5.74) is -4.40. The summed E-state index contributed by atoms with van der Waals surface area (Å²) in [5, 5.41) is 4.02. The van der Waals surface area contributed by atoms with Gasteiger partial charge >= 0.3 is 12.4 Å². The minimum absolute atomic E-state index is 0.242. The molecule has 0 bridgehead atoms. The van der Waals surface area contributed by atoms with Gasteiger partial charge in [-0.1, -0.05) is 123 Å². The highest BCUT2D eigenvalue weighted by atomic mass is 19.4. The molecule has 0 unspecified atom stereocenters. The summed E-state index contributed by atoms with van der Waals surface area (Å²) < 4.78 is 141. The Bertz CT molecular complexity index is 3000. The van der Waals surface area contributed by atoms with Crippen molar-refractivity contribution in [2.45, 2.75) is 31.5 Å². The molecule has 8 aromatic rings. The number of hydrogen-bond acceptors (Lipinski definition) is 1. The average molecular weight is 756 g/mol. The molecule has 56 heavy (non-hydrogen) atoms. The maximum atomic E-state index is 15.2. The Morgan fingerprint density at radius 3 is 1.66 bits per heavy atom. The van der Waals surface area contributed by atoms with Crippen molar-refractivity contribution in [2.75, 3.05) is 4.90 Å². The zero-order valence-electron chi connectivity index (χ0n) is 35.3. The second-order valence-electron chi connectivity index (χ2n) is 13.9. The van der Waals surface area contributed by atoms with Crippen molar-refractivity contribution in [2.24, 2.45) is 0 Å². The Hall–Kier alpha value is -6.34. The van der Waals surface area contributed by atoms with Crippen LogP contribution in [-0.4, -0.2) is 0 Å². The number of halogens is 6. The molecule has 0 N–H and O–H groups in total. The molecule has 0 spiro atoms. The number of nitrogens with zero attached hydrogens (tertiary/aromatic N) is 1. The molecule has 1 nitrogen and oxygen atoms in total. The van der Waals surface area contributed by atoms with Gasteiger partial charge in [-0.25, -0.2) is 0 Å². The lowest BCUT2D eigenvalue weighted by Crippen LogP contribution is -2.19. The Morgan fingerprint density at radius 2 is 1.02 bits per heavy atom. The van der Waals surface area contributed by atoms with E-state index in [0.29, 0.717) is 29.6 Å². The van der Waals surface area contributed by atoms with Crippen molar-refractivity contribution in [1.82, 2.24) is 0 Å². The standard InChI is InChI=1S/C49H33F6N/c1-47(2)43-27-34(48(50,51)52)20-25-41(43)46-44(47)28-35(49(53,54)55)29-45(46)56(36-21-16-31(17-22-36)30-10-4-3-5-11-30)37-23-18-32(19-24-37)42-26-33-12-6-7-13-38(33)39-14-8-9-15-40(39)42/h3-29H,1-2H3/i1D3,2D3. The molecule has 0 amide bonds. The molecule has 0 heterocycles. The molecule has 1 aliphatic rings. The molecule has 0 aliphatic heterocycles. The molecule has 276 valence electrons. The van der Waals surface area contributed by atoms with Gasteiger partial charge in [0.05, 0.1) is 16.8 Å². The summed E-state index contributed by atoms with van der Waals surface area (Å²) in [6, 6.07) is 44.5. The smallest absolute Gasteiger partial charge is 0.310 e. The summed E-state index contributed by atoms with van der Waals surface area (Å²) in [7, 11) is 0. The molecule has 0 fully saturated rings. The third-order valence-electron chi connectivity index (χ3n) is 10.5. The van der Waals surface area contributed by atoms with Gasteiger partial charge in [0.15, 0.2) is 0 Å². The van der Waals surface area contributed by atoms with E-state index in [2.05, 4.69) is 6.07 Å². The van der Waals surface area contributed by atoms with E-state index in [9.17, 15) is 13.2 Å². The quantitative estimate of drug-likeness (QED) is 0.125. The number of fused-ring (bicyclic) bond motifs is 6. The summed E-state index contributed by atoms with van der Waals surface area (Å²) in [4.78, 5) is 1.46. The van der Waals surface area contributed by atoms with Crippen LogP contribution >= 0.6 is 0 Å². The fraction of sp³-hybridized carbons (Fsp3) is 0.102. The molecule has 0 saturated carbocycles. The third kappa shape index (κ3) is 5.90. The lowest BCUT2D eigenvalue weighted by Gasteiger charge is -2.30. The molecule has 1 aliphatic carbocycles. The lowest BCUT2D eigenvalue weighted by molar-refractivity contribution is -0.138. The predicted molar refractivity (Wildman–Crippen MR) is 215 cm³/mol. The van der Waals surface area contributed by atoms with Crippen LogP contribution in [0.2, 0.25) is 0 Å².